The molecule has 1 aliphatic rings. The van der Waals surface area contributed by atoms with Crippen LogP contribution in [0.5, 0.6) is 0 Å². The first-order chi connectivity index (χ1) is 10.9. The quantitative estimate of drug-likeness (QED) is 0.476. The van der Waals surface area contributed by atoms with Gasteiger partial charge in [0.05, 0.1) is 18.1 Å². The van der Waals surface area contributed by atoms with E-state index in [0.717, 1.165) is 12.1 Å². The van der Waals surface area contributed by atoms with Crippen LogP contribution >= 0.6 is 0 Å². The summed E-state index contributed by atoms with van der Waals surface area (Å²) in [7, 11) is -13.7. The number of morpholine rings is 1. The van der Waals surface area contributed by atoms with Gasteiger partial charge in [-0.2, -0.15) is 8.42 Å². The lowest BCUT2D eigenvalue weighted by Gasteiger charge is -2.27. The Morgan fingerprint density at radius 3 is 2.12 bits per heavy atom. The average molecular weight is 401 g/mol. The first kappa shape index (κ1) is 19.2. The van der Waals surface area contributed by atoms with Gasteiger partial charge in [-0.3, -0.25) is 4.55 Å². The lowest BCUT2D eigenvalue weighted by molar-refractivity contribution is 0.0272. The molecule has 1 saturated heterocycles. The smallest absolute Gasteiger partial charge is 0.295 e. The minimum absolute atomic E-state index is 0.232. The number of nitrogens with one attached hydrogen (secondary N) is 1. The number of nitrogens with two attached hydrogens (primary N) is 1. The van der Waals surface area contributed by atoms with Crippen LogP contribution in [-0.4, -0.2) is 61.1 Å². The van der Waals surface area contributed by atoms with Crippen molar-refractivity contribution in [2.75, 3.05) is 26.3 Å². The molecule has 1 aromatic rings. The van der Waals surface area contributed by atoms with Crippen LogP contribution in [0.25, 0.3) is 0 Å². The van der Waals surface area contributed by atoms with E-state index < -0.39 is 44.9 Å². The molecule has 0 saturated carbocycles. The minimum atomic E-state index is -5.02. The van der Waals surface area contributed by atoms with Crippen molar-refractivity contribution >= 4 is 30.2 Å². The highest BCUT2D eigenvalue weighted by Crippen LogP contribution is 2.24. The van der Waals surface area contributed by atoms with E-state index in [4.69, 9.17) is 9.88 Å². The van der Waals surface area contributed by atoms with Gasteiger partial charge in [0, 0.05) is 13.1 Å². The van der Waals surface area contributed by atoms with Gasteiger partial charge in [0.2, 0.25) is 10.0 Å². The molecule has 0 atom stereocenters. The predicted octanol–water partition coefficient (Wildman–Crippen LogP) is -1.89. The van der Waals surface area contributed by atoms with Crippen LogP contribution in [0.15, 0.2) is 32.9 Å². The van der Waals surface area contributed by atoms with E-state index in [-0.39, 0.29) is 26.3 Å². The summed E-state index contributed by atoms with van der Waals surface area (Å²) >= 11 is 0. The van der Waals surface area contributed by atoms with Crippen molar-refractivity contribution in [3.8, 4) is 0 Å². The van der Waals surface area contributed by atoms with Gasteiger partial charge in [0.25, 0.3) is 20.1 Å². The Labute approximate surface area is 139 Å². The van der Waals surface area contributed by atoms with Gasteiger partial charge in [0.15, 0.2) is 0 Å². The van der Waals surface area contributed by atoms with Gasteiger partial charge in [0.1, 0.15) is 9.79 Å². The van der Waals surface area contributed by atoms with Gasteiger partial charge in [-0.05, 0) is 18.2 Å². The van der Waals surface area contributed by atoms with Gasteiger partial charge in [-0.15, -0.1) is 4.83 Å². The average Bonchev–Trinajstić information content (AvgIpc) is 2.45. The summed E-state index contributed by atoms with van der Waals surface area (Å²) in [5, 5.41) is 6.18. The molecular weight excluding hydrogens is 386 g/mol. The van der Waals surface area contributed by atoms with Gasteiger partial charge >= 0.3 is 0 Å². The molecule has 1 heterocycles. The number of sulfonamides is 2. The number of ether oxygens (including phenoxy) is 1. The van der Waals surface area contributed by atoms with Crippen LogP contribution in [0.2, 0.25) is 0 Å². The standard InChI is InChI=1S/C10H15N3O8S3/c11-22(14,15)8-1-2-9(10(7-8)24(18,19)20)23(16,17)12-13-3-5-21-6-4-13/h1-2,7,12H,3-6H2,(H2,11,14,15)(H,18,19,20). The second-order valence-corrected chi connectivity index (χ2v) is 9.40. The number of hydrogen-bond acceptors (Lipinski definition) is 8. The molecule has 136 valence electrons. The molecule has 1 aromatic carbocycles. The summed E-state index contributed by atoms with van der Waals surface area (Å²) < 4.78 is 84.6. The highest BCUT2D eigenvalue weighted by molar-refractivity contribution is 7.91. The summed E-state index contributed by atoms with van der Waals surface area (Å²) in [6.45, 7) is 1.02. The zero-order valence-electron chi connectivity index (χ0n) is 12.1. The minimum Gasteiger partial charge on any atom is -0.379 e. The molecule has 0 spiro atoms. The molecule has 24 heavy (non-hydrogen) atoms. The van der Waals surface area contributed by atoms with Crippen LogP contribution < -0.4 is 9.97 Å². The first-order valence-corrected chi connectivity index (χ1v) is 10.9. The summed E-state index contributed by atoms with van der Waals surface area (Å²) in [6.07, 6.45) is 0. The van der Waals surface area contributed by atoms with Crippen LogP contribution in [0.1, 0.15) is 0 Å². The number of rotatable bonds is 5. The van der Waals surface area contributed by atoms with Gasteiger partial charge < -0.3 is 4.74 Å². The fraction of sp³-hybridized carbons (Fsp3) is 0.400. The molecule has 0 aromatic heterocycles. The van der Waals surface area contributed by atoms with Crippen molar-refractivity contribution in [2.45, 2.75) is 14.7 Å². The topological polar surface area (TPSA) is 173 Å². The van der Waals surface area contributed by atoms with Crippen LogP contribution in [0.4, 0.5) is 0 Å². The third-order valence-corrected chi connectivity index (χ3v) is 6.44. The summed E-state index contributed by atoms with van der Waals surface area (Å²) in [5.74, 6) is 0. The molecular formula is C10H15N3O8S3. The predicted molar refractivity (Wildman–Crippen MR) is 80.3 cm³/mol. The zero-order valence-corrected chi connectivity index (χ0v) is 14.6. The highest BCUT2D eigenvalue weighted by Gasteiger charge is 2.29. The highest BCUT2D eigenvalue weighted by atomic mass is 32.2. The first-order valence-electron chi connectivity index (χ1n) is 6.41. The number of hydrogen-bond donors (Lipinski definition) is 3. The van der Waals surface area contributed by atoms with E-state index in [9.17, 15) is 29.8 Å². The Morgan fingerprint density at radius 1 is 1.04 bits per heavy atom. The largest absolute Gasteiger partial charge is 0.379 e. The Balaban J connectivity index is 2.52. The molecule has 0 amide bonds. The van der Waals surface area contributed by atoms with E-state index in [1.54, 1.807) is 0 Å². The molecule has 0 aliphatic carbocycles. The van der Waals surface area contributed by atoms with E-state index >= 15 is 0 Å². The molecule has 14 heteroatoms. The maximum atomic E-state index is 12.4. The Morgan fingerprint density at radius 2 is 1.62 bits per heavy atom. The second-order valence-electron chi connectivity index (χ2n) is 4.82. The van der Waals surface area contributed by atoms with Gasteiger partial charge in [-0.25, -0.2) is 27.0 Å². The van der Waals surface area contributed by atoms with Gasteiger partial charge in [-0.1, -0.05) is 0 Å². The Bertz CT molecular complexity index is 934. The van der Waals surface area contributed by atoms with Crippen molar-refractivity contribution < 1.29 is 34.5 Å². The zero-order chi connectivity index (χ0) is 18.2. The number of hydrazine groups is 1. The third-order valence-electron chi connectivity index (χ3n) is 3.07. The van der Waals surface area contributed by atoms with E-state index in [0.29, 0.717) is 6.07 Å². The summed E-state index contributed by atoms with van der Waals surface area (Å²) in [5.41, 5.74) is 0. The maximum absolute atomic E-state index is 12.4. The van der Waals surface area contributed by atoms with E-state index in [1.807, 2.05) is 0 Å². The summed E-state index contributed by atoms with van der Waals surface area (Å²) in [6, 6.07) is 2.06. The molecule has 2 rings (SSSR count). The molecule has 0 radical (unpaired) electrons. The van der Waals surface area contributed by atoms with E-state index in [1.165, 1.54) is 5.01 Å². The normalized spacial score (nSPS) is 17.8. The monoisotopic (exact) mass is 401 g/mol. The number of benzene rings is 1. The fourth-order valence-electron chi connectivity index (χ4n) is 1.96. The van der Waals surface area contributed by atoms with Crippen molar-refractivity contribution in [3.63, 3.8) is 0 Å². The molecule has 1 fully saturated rings. The van der Waals surface area contributed by atoms with Crippen LogP contribution in [0.3, 0.4) is 0 Å². The Hall–Kier alpha value is -1.13. The summed E-state index contributed by atoms with van der Waals surface area (Å²) in [4.78, 5) is -0.391. The molecule has 0 unspecified atom stereocenters. The second kappa shape index (κ2) is 6.64. The van der Waals surface area contributed by atoms with Crippen molar-refractivity contribution in [1.82, 2.24) is 9.84 Å². The Kier molecular flexibility index (Phi) is 5.31. The molecule has 11 nitrogen and oxygen atoms in total. The fourth-order valence-corrected chi connectivity index (χ4v) is 5.01. The molecule has 0 bridgehead atoms. The number of primary sulfonamides is 1. The van der Waals surface area contributed by atoms with Crippen LogP contribution in [-0.2, 0) is 34.9 Å². The SMILES string of the molecule is NS(=O)(=O)c1ccc(S(=O)(=O)NN2CCOCC2)c(S(=O)(=O)O)c1. The lowest BCUT2D eigenvalue weighted by atomic mass is 10.4. The van der Waals surface area contributed by atoms with Crippen LogP contribution in [0, 0.1) is 0 Å². The lowest BCUT2D eigenvalue weighted by Crippen LogP contribution is -2.48. The number of nitrogens with zero attached hydrogens (tertiary/aromatic N) is 1. The van der Waals surface area contributed by atoms with Crippen molar-refractivity contribution in [3.05, 3.63) is 18.2 Å². The molecule has 4 N–H and O–H groups in total. The maximum Gasteiger partial charge on any atom is 0.295 e. The molecule has 1 aliphatic heterocycles. The van der Waals surface area contributed by atoms with E-state index in [2.05, 4.69) is 4.83 Å². The van der Waals surface area contributed by atoms with Crippen molar-refractivity contribution in [2.24, 2.45) is 5.14 Å². The van der Waals surface area contributed by atoms with Crippen molar-refractivity contribution in [1.29, 1.82) is 0 Å². The third kappa shape index (κ3) is 4.48.